The van der Waals surface area contributed by atoms with E-state index >= 15 is 0 Å². The quantitative estimate of drug-likeness (QED) is 0.488. The van der Waals surface area contributed by atoms with Gasteiger partial charge in [-0.15, -0.1) is 0 Å². The third-order valence-electron chi connectivity index (χ3n) is 5.84. The molecule has 1 spiro atoms. The van der Waals surface area contributed by atoms with Crippen molar-refractivity contribution in [3.63, 3.8) is 0 Å². The van der Waals surface area contributed by atoms with Crippen molar-refractivity contribution >= 4 is 5.97 Å². The first kappa shape index (κ1) is 11.0. The zero-order valence-electron chi connectivity index (χ0n) is 11.1. The Hall–Kier alpha value is -0.830. The van der Waals surface area contributed by atoms with Gasteiger partial charge in [0.1, 0.15) is 0 Å². The fourth-order valence-electron chi connectivity index (χ4n) is 5.04. The van der Waals surface area contributed by atoms with E-state index < -0.39 is 0 Å². The smallest absolute Gasteiger partial charge is 0.315 e. The molecule has 0 N–H and O–H groups in total. The van der Waals surface area contributed by atoms with E-state index in [1.807, 2.05) is 0 Å². The number of carbonyl (C=O) groups excluding carboxylic acids is 1. The minimum Gasteiger partial charge on any atom is -0.435 e. The molecule has 4 atom stereocenters. The molecule has 3 heteroatoms. The summed E-state index contributed by atoms with van der Waals surface area (Å²) < 4.78 is 11.2. The average molecular weight is 248 g/mol. The summed E-state index contributed by atoms with van der Waals surface area (Å²) >= 11 is 0. The van der Waals surface area contributed by atoms with Crippen LogP contribution >= 0.6 is 0 Å². The SMILES string of the molecule is CC1(C)CCC[C@@]23C(=O)O[C@H]4OCC(=CC[C@@H]12)[C@H]43. The second-order valence-corrected chi connectivity index (χ2v) is 7.01. The van der Waals surface area contributed by atoms with Gasteiger partial charge in [-0.3, -0.25) is 4.79 Å². The van der Waals surface area contributed by atoms with Gasteiger partial charge in [-0.05, 0) is 36.2 Å². The van der Waals surface area contributed by atoms with Gasteiger partial charge in [-0.25, -0.2) is 0 Å². The Morgan fingerprint density at radius 1 is 1.33 bits per heavy atom. The van der Waals surface area contributed by atoms with Crippen molar-refractivity contribution < 1.29 is 14.3 Å². The molecule has 0 aromatic heterocycles. The summed E-state index contributed by atoms with van der Waals surface area (Å²) in [5.74, 6) is 0.649. The van der Waals surface area contributed by atoms with E-state index in [-0.39, 0.29) is 29.0 Å². The van der Waals surface area contributed by atoms with Crippen LogP contribution in [-0.4, -0.2) is 18.9 Å². The normalized spacial score (nSPS) is 48.2. The molecule has 2 heterocycles. The molecule has 4 rings (SSSR count). The molecule has 0 aromatic rings. The molecule has 2 aliphatic heterocycles. The van der Waals surface area contributed by atoms with Crippen LogP contribution in [0.15, 0.2) is 11.6 Å². The predicted octanol–water partition coefficient (Wildman–Crippen LogP) is 2.66. The number of rotatable bonds is 0. The van der Waals surface area contributed by atoms with Gasteiger partial charge in [0.15, 0.2) is 0 Å². The zero-order valence-corrected chi connectivity index (χ0v) is 11.1. The van der Waals surface area contributed by atoms with Crippen LogP contribution < -0.4 is 0 Å². The summed E-state index contributed by atoms with van der Waals surface area (Å²) in [7, 11) is 0. The zero-order chi connectivity index (χ0) is 12.5. The number of allylic oxidation sites excluding steroid dienone is 1. The maximum Gasteiger partial charge on any atom is 0.315 e. The number of esters is 1. The summed E-state index contributed by atoms with van der Waals surface area (Å²) in [6, 6.07) is 0. The van der Waals surface area contributed by atoms with Crippen LogP contribution in [0.2, 0.25) is 0 Å². The van der Waals surface area contributed by atoms with E-state index in [1.54, 1.807) is 0 Å². The fraction of sp³-hybridized carbons (Fsp3) is 0.800. The van der Waals surface area contributed by atoms with Crippen LogP contribution in [-0.2, 0) is 14.3 Å². The van der Waals surface area contributed by atoms with Crippen LogP contribution in [0.5, 0.6) is 0 Å². The van der Waals surface area contributed by atoms with E-state index in [0.717, 1.165) is 19.3 Å². The van der Waals surface area contributed by atoms with Gasteiger partial charge in [0.05, 0.1) is 17.9 Å². The lowest BCUT2D eigenvalue weighted by Crippen LogP contribution is -2.52. The summed E-state index contributed by atoms with van der Waals surface area (Å²) in [6.07, 6.45) is 6.39. The van der Waals surface area contributed by atoms with E-state index in [2.05, 4.69) is 19.9 Å². The summed E-state index contributed by atoms with van der Waals surface area (Å²) in [5.41, 5.74) is 1.28. The Bertz CT molecular complexity index is 451. The van der Waals surface area contributed by atoms with Gasteiger partial charge in [-0.1, -0.05) is 26.3 Å². The molecule has 3 fully saturated rings. The second kappa shape index (κ2) is 3.19. The maximum absolute atomic E-state index is 12.5. The molecular formula is C15H20O3. The first-order chi connectivity index (χ1) is 8.56. The van der Waals surface area contributed by atoms with Gasteiger partial charge in [0.2, 0.25) is 6.29 Å². The first-order valence-electron chi connectivity index (χ1n) is 7.07. The largest absolute Gasteiger partial charge is 0.435 e. The number of hydrogen-bond donors (Lipinski definition) is 0. The molecule has 4 aliphatic rings. The minimum absolute atomic E-state index is 0.0144. The lowest BCUT2D eigenvalue weighted by atomic mass is 9.49. The summed E-state index contributed by atoms with van der Waals surface area (Å²) in [6.45, 7) is 5.29. The topological polar surface area (TPSA) is 35.5 Å². The molecule has 1 saturated carbocycles. The first-order valence-corrected chi connectivity index (χ1v) is 7.07. The summed E-state index contributed by atoms with van der Waals surface area (Å²) in [5, 5.41) is 0. The van der Waals surface area contributed by atoms with Gasteiger partial charge < -0.3 is 9.47 Å². The molecule has 0 aromatic carbocycles. The Morgan fingerprint density at radius 3 is 3.00 bits per heavy atom. The molecule has 2 saturated heterocycles. The number of ether oxygens (including phenoxy) is 2. The highest BCUT2D eigenvalue weighted by molar-refractivity contribution is 5.82. The van der Waals surface area contributed by atoms with E-state index in [0.29, 0.717) is 12.5 Å². The maximum atomic E-state index is 12.5. The van der Waals surface area contributed by atoms with Crippen molar-refractivity contribution in [1.82, 2.24) is 0 Å². The number of hydrogen-bond acceptors (Lipinski definition) is 3. The van der Waals surface area contributed by atoms with E-state index in [1.165, 1.54) is 12.0 Å². The summed E-state index contributed by atoms with van der Waals surface area (Å²) in [4.78, 5) is 12.5. The van der Waals surface area contributed by atoms with Crippen molar-refractivity contribution in [3.05, 3.63) is 11.6 Å². The standard InChI is InChI=1S/C15H20O3/c1-14(2)6-3-7-15-10(14)5-4-9-8-17-12(11(9)15)18-13(15)16/h4,10-12H,3,5-8H2,1-2H3/t10-,11+,12+,15+/m0/s1. The van der Waals surface area contributed by atoms with Gasteiger partial charge in [-0.2, -0.15) is 0 Å². The highest BCUT2D eigenvalue weighted by atomic mass is 16.7. The van der Waals surface area contributed by atoms with Crippen molar-refractivity contribution in [1.29, 1.82) is 0 Å². The average Bonchev–Trinajstić information content (AvgIpc) is 2.83. The molecule has 98 valence electrons. The third kappa shape index (κ3) is 1.08. The molecule has 2 aliphatic carbocycles. The van der Waals surface area contributed by atoms with Crippen LogP contribution in [0.25, 0.3) is 0 Å². The number of carbonyl (C=O) groups is 1. The van der Waals surface area contributed by atoms with E-state index in [4.69, 9.17) is 9.47 Å². The molecule has 0 radical (unpaired) electrons. The minimum atomic E-state index is -0.291. The molecular weight excluding hydrogens is 228 g/mol. The molecule has 18 heavy (non-hydrogen) atoms. The Kier molecular flexibility index (Phi) is 1.95. The van der Waals surface area contributed by atoms with Crippen molar-refractivity contribution in [3.8, 4) is 0 Å². The lowest BCUT2D eigenvalue weighted by Gasteiger charge is -2.52. The molecule has 0 unspecified atom stereocenters. The Labute approximate surface area is 108 Å². The second-order valence-electron chi connectivity index (χ2n) is 7.01. The Morgan fingerprint density at radius 2 is 2.17 bits per heavy atom. The Balaban J connectivity index is 1.89. The monoisotopic (exact) mass is 248 g/mol. The lowest BCUT2D eigenvalue weighted by molar-refractivity contribution is -0.167. The molecule has 0 bridgehead atoms. The highest BCUT2D eigenvalue weighted by Crippen LogP contribution is 2.65. The van der Waals surface area contributed by atoms with Crippen molar-refractivity contribution in [2.45, 2.75) is 45.8 Å². The van der Waals surface area contributed by atoms with Crippen molar-refractivity contribution in [2.24, 2.45) is 22.7 Å². The molecule has 3 nitrogen and oxygen atoms in total. The predicted molar refractivity (Wildman–Crippen MR) is 65.6 cm³/mol. The third-order valence-corrected chi connectivity index (χ3v) is 5.84. The van der Waals surface area contributed by atoms with Gasteiger partial charge in [0.25, 0.3) is 0 Å². The van der Waals surface area contributed by atoms with Crippen molar-refractivity contribution in [2.75, 3.05) is 6.61 Å². The molecule has 0 amide bonds. The van der Waals surface area contributed by atoms with Gasteiger partial charge in [0, 0.05) is 0 Å². The van der Waals surface area contributed by atoms with Crippen LogP contribution in [0.1, 0.15) is 39.5 Å². The highest BCUT2D eigenvalue weighted by Gasteiger charge is 2.68. The van der Waals surface area contributed by atoms with Gasteiger partial charge >= 0.3 is 5.97 Å². The van der Waals surface area contributed by atoms with Crippen LogP contribution in [0.4, 0.5) is 0 Å². The van der Waals surface area contributed by atoms with E-state index in [9.17, 15) is 4.79 Å². The van der Waals surface area contributed by atoms with Crippen LogP contribution in [0, 0.1) is 22.7 Å². The fourth-order valence-corrected chi connectivity index (χ4v) is 5.04. The van der Waals surface area contributed by atoms with Crippen LogP contribution in [0.3, 0.4) is 0 Å².